The highest BCUT2D eigenvalue weighted by atomic mass is 16.4. The number of benzene rings is 1. The zero-order chi connectivity index (χ0) is 17.4. The minimum Gasteiger partial charge on any atom is -0.478 e. The van der Waals surface area contributed by atoms with Gasteiger partial charge in [-0.2, -0.15) is 0 Å². The molecule has 2 heterocycles. The van der Waals surface area contributed by atoms with Crippen molar-refractivity contribution < 1.29 is 9.90 Å². The maximum Gasteiger partial charge on any atom is 0.335 e. The number of carbonyl (C=O) groups is 1. The number of likely N-dealkylation sites (tertiary alicyclic amines) is 1. The summed E-state index contributed by atoms with van der Waals surface area (Å²) in [5.74, 6) is -0.833. The molecule has 0 saturated carbocycles. The van der Waals surface area contributed by atoms with Crippen molar-refractivity contribution in [3.05, 3.63) is 34.5 Å². The van der Waals surface area contributed by atoms with Crippen LogP contribution in [0, 0.1) is 13.8 Å². The van der Waals surface area contributed by atoms with Gasteiger partial charge in [0, 0.05) is 24.2 Å². The predicted octanol–water partition coefficient (Wildman–Crippen LogP) is 4.18. The number of hydrogen-bond acceptors (Lipinski definition) is 2. The first-order valence-electron chi connectivity index (χ1n) is 8.99. The van der Waals surface area contributed by atoms with E-state index in [4.69, 9.17) is 0 Å². The highest BCUT2D eigenvalue weighted by molar-refractivity contribution is 6.00. The molecule has 1 fully saturated rings. The minimum atomic E-state index is -0.833. The summed E-state index contributed by atoms with van der Waals surface area (Å²) in [5, 5.41) is 10.7. The number of aromatic carboxylic acids is 1. The maximum atomic E-state index is 11.6. The maximum absolute atomic E-state index is 11.6. The Kier molecular flexibility index (Phi) is 4.68. The van der Waals surface area contributed by atoms with Crippen molar-refractivity contribution in [1.29, 1.82) is 0 Å². The first-order chi connectivity index (χ1) is 11.4. The van der Waals surface area contributed by atoms with Gasteiger partial charge in [-0.25, -0.2) is 4.79 Å². The molecule has 0 spiro atoms. The van der Waals surface area contributed by atoms with Crippen molar-refractivity contribution in [3.8, 4) is 0 Å². The Bertz CT molecular complexity index is 768. The molecular weight excluding hydrogens is 300 g/mol. The Labute approximate surface area is 144 Å². The lowest BCUT2D eigenvalue weighted by Gasteiger charge is -2.14. The third-order valence-electron chi connectivity index (χ3n) is 5.31. The third kappa shape index (κ3) is 2.95. The second kappa shape index (κ2) is 6.60. The molecule has 0 radical (unpaired) electrons. The lowest BCUT2D eigenvalue weighted by atomic mass is 9.97. The Hall–Kier alpha value is -1.81. The van der Waals surface area contributed by atoms with Gasteiger partial charge in [-0.05, 0) is 82.8 Å². The van der Waals surface area contributed by atoms with E-state index in [1.54, 1.807) is 0 Å². The summed E-state index contributed by atoms with van der Waals surface area (Å²) in [4.78, 5) is 14.1. The Morgan fingerprint density at radius 1 is 1.25 bits per heavy atom. The van der Waals surface area contributed by atoms with Crippen LogP contribution < -0.4 is 0 Å². The average molecular weight is 328 g/mol. The molecule has 1 aliphatic heterocycles. The molecular formula is C20H28N2O2. The number of nitrogens with zero attached hydrogens (tertiary/aromatic N) is 2. The fourth-order valence-corrected chi connectivity index (χ4v) is 4.03. The summed E-state index contributed by atoms with van der Waals surface area (Å²) in [5.41, 5.74) is 4.87. The van der Waals surface area contributed by atoms with E-state index in [0.29, 0.717) is 11.6 Å². The van der Waals surface area contributed by atoms with Crippen LogP contribution in [-0.4, -0.2) is 40.2 Å². The van der Waals surface area contributed by atoms with E-state index in [2.05, 4.69) is 29.5 Å². The minimum absolute atomic E-state index is 0.363. The Balaban J connectivity index is 2.10. The van der Waals surface area contributed by atoms with Crippen molar-refractivity contribution in [2.24, 2.45) is 0 Å². The fraction of sp³-hybridized carbons (Fsp3) is 0.550. The van der Waals surface area contributed by atoms with Crippen molar-refractivity contribution >= 4 is 16.9 Å². The molecule has 1 N–H and O–H groups in total. The van der Waals surface area contributed by atoms with Crippen LogP contribution in [0.3, 0.4) is 0 Å². The van der Waals surface area contributed by atoms with Gasteiger partial charge in [0.25, 0.3) is 0 Å². The molecule has 4 nitrogen and oxygen atoms in total. The van der Waals surface area contributed by atoms with Gasteiger partial charge in [0.05, 0.1) is 11.1 Å². The van der Waals surface area contributed by atoms with Crippen LogP contribution in [-0.2, 0) is 6.42 Å². The van der Waals surface area contributed by atoms with Crippen LogP contribution >= 0.6 is 0 Å². The molecule has 1 aromatic carbocycles. The van der Waals surface area contributed by atoms with Crippen LogP contribution in [0.1, 0.15) is 59.8 Å². The monoisotopic (exact) mass is 328 g/mol. The van der Waals surface area contributed by atoms with Crippen LogP contribution in [0.4, 0.5) is 0 Å². The van der Waals surface area contributed by atoms with Crippen molar-refractivity contribution in [3.63, 3.8) is 0 Å². The molecule has 24 heavy (non-hydrogen) atoms. The molecule has 1 aliphatic rings. The van der Waals surface area contributed by atoms with Gasteiger partial charge in [0.2, 0.25) is 0 Å². The number of carboxylic acid groups (broad SMARTS) is 1. The molecule has 2 aromatic rings. The first kappa shape index (κ1) is 17.0. The number of rotatable bonds is 5. The van der Waals surface area contributed by atoms with E-state index in [1.165, 1.54) is 37.0 Å². The van der Waals surface area contributed by atoms with Gasteiger partial charge in [-0.15, -0.1) is 0 Å². The number of aryl methyl sites for hydroxylation is 2. The largest absolute Gasteiger partial charge is 0.478 e. The average Bonchev–Trinajstić information content (AvgIpc) is 3.15. The van der Waals surface area contributed by atoms with Crippen LogP contribution in [0.15, 0.2) is 12.3 Å². The van der Waals surface area contributed by atoms with Crippen LogP contribution in [0.25, 0.3) is 10.9 Å². The summed E-state index contributed by atoms with van der Waals surface area (Å²) in [6, 6.07) is 2.19. The molecule has 3 rings (SSSR count). The fourth-order valence-electron chi connectivity index (χ4n) is 4.03. The zero-order valence-electron chi connectivity index (χ0n) is 15.2. The van der Waals surface area contributed by atoms with Gasteiger partial charge < -0.3 is 14.6 Å². The molecule has 0 atom stereocenters. The van der Waals surface area contributed by atoms with Crippen molar-refractivity contribution in [1.82, 2.24) is 9.47 Å². The molecule has 1 aromatic heterocycles. The standard InChI is InChI=1S/C20H28N2O2/c1-13(2)22-12-16(7-10-21-8-5-6-9-21)18-15(4)17(20(23)24)11-14(3)19(18)22/h11-13H,5-10H2,1-4H3,(H,23,24). The normalized spacial score (nSPS) is 15.7. The molecule has 4 heteroatoms. The third-order valence-corrected chi connectivity index (χ3v) is 5.31. The van der Waals surface area contributed by atoms with E-state index >= 15 is 0 Å². The van der Waals surface area contributed by atoms with E-state index in [1.807, 2.05) is 19.9 Å². The van der Waals surface area contributed by atoms with Crippen molar-refractivity contribution in [2.75, 3.05) is 19.6 Å². The molecule has 0 amide bonds. The zero-order valence-corrected chi connectivity index (χ0v) is 15.2. The molecule has 0 aliphatic carbocycles. The van der Waals surface area contributed by atoms with E-state index in [9.17, 15) is 9.90 Å². The van der Waals surface area contributed by atoms with Crippen molar-refractivity contribution in [2.45, 2.75) is 53.0 Å². The lowest BCUT2D eigenvalue weighted by Crippen LogP contribution is -2.21. The van der Waals surface area contributed by atoms with Gasteiger partial charge >= 0.3 is 5.97 Å². The summed E-state index contributed by atoms with van der Waals surface area (Å²) in [6.07, 6.45) is 5.83. The van der Waals surface area contributed by atoms with Crippen LogP contribution in [0.2, 0.25) is 0 Å². The second-order valence-electron chi connectivity index (χ2n) is 7.35. The summed E-state index contributed by atoms with van der Waals surface area (Å²) in [7, 11) is 0. The van der Waals surface area contributed by atoms with Gasteiger partial charge in [-0.3, -0.25) is 0 Å². The first-order valence-corrected chi connectivity index (χ1v) is 8.99. The highest BCUT2D eigenvalue weighted by Crippen LogP contribution is 2.33. The SMILES string of the molecule is Cc1c(C(=O)O)cc(C)c2c1c(CCN1CCCC1)cn2C(C)C. The summed E-state index contributed by atoms with van der Waals surface area (Å²) >= 11 is 0. The number of fused-ring (bicyclic) bond motifs is 1. The predicted molar refractivity (Wildman–Crippen MR) is 98.1 cm³/mol. The Morgan fingerprint density at radius 3 is 2.50 bits per heavy atom. The quantitative estimate of drug-likeness (QED) is 0.896. The molecule has 0 unspecified atom stereocenters. The number of aromatic nitrogens is 1. The summed E-state index contributed by atoms with van der Waals surface area (Å²) in [6.45, 7) is 11.8. The van der Waals surface area contributed by atoms with Crippen LogP contribution in [0.5, 0.6) is 0 Å². The summed E-state index contributed by atoms with van der Waals surface area (Å²) < 4.78 is 2.31. The second-order valence-corrected chi connectivity index (χ2v) is 7.35. The topological polar surface area (TPSA) is 45.5 Å². The Morgan fingerprint density at radius 2 is 1.92 bits per heavy atom. The highest BCUT2D eigenvalue weighted by Gasteiger charge is 2.20. The number of hydrogen-bond donors (Lipinski definition) is 1. The molecule has 1 saturated heterocycles. The molecule has 130 valence electrons. The smallest absolute Gasteiger partial charge is 0.335 e. The molecule has 0 bridgehead atoms. The lowest BCUT2D eigenvalue weighted by molar-refractivity contribution is 0.0696. The van der Waals surface area contributed by atoms with Gasteiger partial charge in [0.15, 0.2) is 0 Å². The van der Waals surface area contributed by atoms with E-state index in [0.717, 1.165) is 29.5 Å². The van der Waals surface area contributed by atoms with E-state index in [-0.39, 0.29) is 0 Å². The van der Waals surface area contributed by atoms with Gasteiger partial charge in [0.1, 0.15) is 0 Å². The van der Waals surface area contributed by atoms with Gasteiger partial charge in [-0.1, -0.05) is 0 Å². The number of carboxylic acids is 1. The van der Waals surface area contributed by atoms with E-state index < -0.39 is 5.97 Å².